The third kappa shape index (κ3) is 1.92. The Hall–Kier alpha value is -1.16. The monoisotopic (exact) mass is 225 g/mol. The van der Waals surface area contributed by atoms with Gasteiger partial charge in [0.2, 0.25) is 0 Å². The first-order valence-electron chi connectivity index (χ1n) is 3.28. The van der Waals surface area contributed by atoms with E-state index < -0.39 is 0 Å². The molecule has 0 atom stereocenters. The van der Waals surface area contributed by atoms with E-state index in [4.69, 9.17) is 0 Å². The molecule has 0 saturated heterocycles. The SMILES string of the molecule is C=CN(N=C)c1ccc(Br)cn1. The minimum Gasteiger partial charge on any atom is -0.236 e. The normalized spacial score (nSPS) is 9.08. The molecule has 1 aromatic rings. The molecule has 0 spiro atoms. The zero-order chi connectivity index (χ0) is 8.97. The highest BCUT2D eigenvalue weighted by atomic mass is 79.9. The molecule has 4 heteroatoms. The van der Waals surface area contributed by atoms with Gasteiger partial charge in [-0.3, -0.25) is 0 Å². The third-order valence-corrected chi connectivity index (χ3v) is 1.74. The Morgan fingerprint density at radius 3 is 2.75 bits per heavy atom. The van der Waals surface area contributed by atoms with Crippen LogP contribution in [0.1, 0.15) is 0 Å². The number of hydrogen-bond donors (Lipinski definition) is 0. The van der Waals surface area contributed by atoms with Crippen molar-refractivity contribution >= 4 is 28.5 Å². The van der Waals surface area contributed by atoms with Gasteiger partial charge in [0.25, 0.3) is 0 Å². The number of nitrogens with zero attached hydrogens (tertiary/aromatic N) is 3. The van der Waals surface area contributed by atoms with Crippen LogP contribution >= 0.6 is 15.9 Å². The molecule has 12 heavy (non-hydrogen) atoms. The first kappa shape index (κ1) is 8.93. The first-order chi connectivity index (χ1) is 5.77. The van der Waals surface area contributed by atoms with E-state index in [1.54, 1.807) is 12.4 Å². The second-order valence-corrected chi connectivity index (χ2v) is 2.92. The first-order valence-corrected chi connectivity index (χ1v) is 4.07. The number of pyridine rings is 1. The average molecular weight is 226 g/mol. The van der Waals surface area contributed by atoms with Gasteiger partial charge in [-0.2, -0.15) is 5.10 Å². The molecule has 0 fully saturated rings. The van der Waals surface area contributed by atoms with E-state index >= 15 is 0 Å². The quantitative estimate of drug-likeness (QED) is 0.584. The van der Waals surface area contributed by atoms with Gasteiger partial charge in [0.1, 0.15) is 0 Å². The van der Waals surface area contributed by atoms with Crippen LogP contribution in [0.5, 0.6) is 0 Å². The second-order valence-electron chi connectivity index (χ2n) is 2.00. The maximum absolute atomic E-state index is 4.09. The lowest BCUT2D eigenvalue weighted by molar-refractivity contribution is 1.04. The minimum atomic E-state index is 0.697. The van der Waals surface area contributed by atoms with Gasteiger partial charge in [-0.15, -0.1) is 0 Å². The summed E-state index contributed by atoms with van der Waals surface area (Å²) in [6.07, 6.45) is 3.24. The molecule has 0 aliphatic rings. The Kier molecular flexibility index (Phi) is 2.99. The smallest absolute Gasteiger partial charge is 0.153 e. The molecule has 0 radical (unpaired) electrons. The summed E-state index contributed by atoms with van der Waals surface area (Å²) in [6, 6.07) is 3.70. The highest BCUT2D eigenvalue weighted by Gasteiger charge is 1.98. The van der Waals surface area contributed by atoms with Crippen LogP contribution in [0.15, 0.2) is 40.7 Å². The van der Waals surface area contributed by atoms with Crippen molar-refractivity contribution in [3.8, 4) is 0 Å². The van der Waals surface area contributed by atoms with Gasteiger partial charge in [0.15, 0.2) is 5.82 Å². The molecule has 0 aromatic carbocycles. The van der Waals surface area contributed by atoms with Crippen molar-refractivity contribution in [1.29, 1.82) is 0 Å². The lowest BCUT2D eigenvalue weighted by Gasteiger charge is -2.10. The van der Waals surface area contributed by atoms with E-state index in [0.29, 0.717) is 5.82 Å². The van der Waals surface area contributed by atoms with Gasteiger partial charge >= 0.3 is 0 Å². The molecule has 0 unspecified atom stereocenters. The summed E-state index contributed by atoms with van der Waals surface area (Å²) in [7, 11) is 0. The lowest BCUT2D eigenvalue weighted by Crippen LogP contribution is -2.06. The van der Waals surface area contributed by atoms with Crippen LogP contribution < -0.4 is 5.01 Å². The topological polar surface area (TPSA) is 28.5 Å². The van der Waals surface area contributed by atoms with Crippen molar-refractivity contribution in [3.05, 3.63) is 35.6 Å². The highest BCUT2D eigenvalue weighted by molar-refractivity contribution is 9.10. The Morgan fingerprint density at radius 2 is 2.33 bits per heavy atom. The van der Waals surface area contributed by atoms with Crippen molar-refractivity contribution in [2.24, 2.45) is 5.10 Å². The Labute approximate surface area is 79.5 Å². The number of hydrazone groups is 1. The van der Waals surface area contributed by atoms with Crippen LogP contribution in [0.2, 0.25) is 0 Å². The fraction of sp³-hybridized carbons (Fsp3) is 0. The van der Waals surface area contributed by atoms with Crippen molar-refractivity contribution in [3.63, 3.8) is 0 Å². The van der Waals surface area contributed by atoms with E-state index in [0.717, 1.165) is 4.47 Å². The molecule has 1 aromatic heterocycles. The summed E-state index contributed by atoms with van der Waals surface area (Å²) in [6.45, 7) is 6.95. The van der Waals surface area contributed by atoms with Gasteiger partial charge in [-0.05, 0) is 28.1 Å². The van der Waals surface area contributed by atoms with E-state index in [1.165, 1.54) is 5.01 Å². The van der Waals surface area contributed by atoms with E-state index in [1.807, 2.05) is 12.1 Å². The maximum Gasteiger partial charge on any atom is 0.153 e. The standard InChI is InChI=1S/C8H8BrN3/c1-3-12(10-2)8-5-4-7(9)6-11-8/h3-6H,1-2H2. The number of hydrogen-bond acceptors (Lipinski definition) is 3. The van der Waals surface area contributed by atoms with Crippen molar-refractivity contribution in [1.82, 2.24) is 4.98 Å². The fourth-order valence-corrected chi connectivity index (χ4v) is 0.962. The third-order valence-electron chi connectivity index (χ3n) is 1.27. The molecule has 0 N–H and O–H groups in total. The Bertz CT molecular complexity index is 273. The number of aromatic nitrogens is 1. The van der Waals surface area contributed by atoms with Gasteiger partial charge in [0.05, 0.1) is 0 Å². The molecule has 0 aliphatic carbocycles. The van der Waals surface area contributed by atoms with Crippen LogP contribution in [0, 0.1) is 0 Å². The molecule has 1 rings (SSSR count). The Balaban J connectivity index is 2.94. The number of rotatable bonds is 3. The summed E-state index contributed by atoms with van der Waals surface area (Å²) in [5.41, 5.74) is 0. The van der Waals surface area contributed by atoms with Crippen LogP contribution in [-0.2, 0) is 0 Å². The predicted octanol–water partition coefficient (Wildman–Crippen LogP) is 2.41. The second kappa shape index (κ2) is 4.01. The van der Waals surface area contributed by atoms with Gasteiger partial charge in [-0.25, -0.2) is 9.99 Å². The lowest BCUT2D eigenvalue weighted by atomic mass is 10.4. The fourth-order valence-electron chi connectivity index (χ4n) is 0.727. The summed E-state index contributed by atoms with van der Waals surface area (Å²) in [5, 5.41) is 5.19. The minimum absolute atomic E-state index is 0.697. The zero-order valence-electron chi connectivity index (χ0n) is 6.44. The van der Waals surface area contributed by atoms with Crippen molar-refractivity contribution in [2.45, 2.75) is 0 Å². The zero-order valence-corrected chi connectivity index (χ0v) is 8.03. The number of anilines is 1. The maximum atomic E-state index is 4.09. The van der Waals surface area contributed by atoms with Crippen LogP contribution in [0.4, 0.5) is 5.82 Å². The molecule has 0 amide bonds. The Morgan fingerprint density at radius 1 is 1.58 bits per heavy atom. The molecular weight excluding hydrogens is 218 g/mol. The highest BCUT2D eigenvalue weighted by Crippen LogP contribution is 2.14. The van der Waals surface area contributed by atoms with Crippen molar-refractivity contribution in [2.75, 3.05) is 5.01 Å². The van der Waals surface area contributed by atoms with E-state index in [9.17, 15) is 0 Å². The molecular formula is C8H8BrN3. The van der Waals surface area contributed by atoms with Gasteiger partial charge < -0.3 is 0 Å². The summed E-state index contributed by atoms with van der Waals surface area (Å²) in [4.78, 5) is 4.09. The van der Waals surface area contributed by atoms with Crippen LogP contribution in [0.3, 0.4) is 0 Å². The van der Waals surface area contributed by atoms with E-state index in [-0.39, 0.29) is 0 Å². The molecule has 62 valence electrons. The van der Waals surface area contributed by atoms with Crippen molar-refractivity contribution < 1.29 is 0 Å². The molecule has 3 nitrogen and oxygen atoms in total. The molecule has 0 saturated carbocycles. The molecule has 0 bridgehead atoms. The summed E-state index contributed by atoms with van der Waals surface area (Å²) >= 11 is 3.29. The largest absolute Gasteiger partial charge is 0.236 e. The van der Waals surface area contributed by atoms with Crippen LogP contribution in [-0.4, -0.2) is 11.7 Å². The molecule has 0 aliphatic heterocycles. The van der Waals surface area contributed by atoms with E-state index in [2.05, 4.69) is 39.3 Å². The predicted molar refractivity (Wildman–Crippen MR) is 54.2 cm³/mol. The van der Waals surface area contributed by atoms with Crippen LogP contribution in [0.25, 0.3) is 0 Å². The van der Waals surface area contributed by atoms with Gasteiger partial charge in [0, 0.05) is 23.6 Å². The summed E-state index contributed by atoms with van der Waals surface area (Å²) < 4.78 is 0.930. The molecule has 1 heterocycles. The number of halogens is 1. The summed E-state index contributed by atoms with van der Waals surface area (Å²) in [5.74, 6) is 0.697. The van der Waals surface area contributed by atoms with Gasteiger partial charge in [-0.1, -0.05) is 6.58 Å². The average Bonchev–Trinajstić information content (AvgIpc) is 2.10.